The highest BCUT2D eigenvalue weighted by Crippen LogP contribution is 2.35. The number of hydrogen-bond acceptors (Lipinski definition) is 5. The SMILES string of the molecule is O=C(Nc1cnc[n+]([O-])c1)c1cc(Cl)c(Cl)cc1Oc1ccc(OC(F)(F)F)cc1. The van der Waals surface area contributed by atoms with Gasteiger partial charge in [0.15, 0.2) is 6.20 Å². The normalized spacial score (nSPS) is 11.1. The van der Waals surface area contributed by atoms with Gasteiger partial charge in [-0.15, -0.1) is 13.2 Å². The van der Waals surface area contributed by atoms with Crippen molar-refractivity contribution < 1.29 is 32.2 Å². The summed E-state index contributed by atoms with van der Waals surface area (Å²) in [6, 6.07) is 7.04. The molecule has 7 nitrogen and oxygen atoms in total. The van der Waals surface area contributed by atoms with Crippen molar-refractivity contribution in [3.8, 4) is 17.2 Å². The van der Waals surface area contributed by atoms with Crippen molar-refractivity contribution in [1.29, 1.82) is 0 Å². The van der Waals surface area contributed by atoms with Crippen LogP contribution in [0.15, 0.2) is 55.1 Å². The highest BCUT2D eigenvalue weighted by Gasteiger charge is 2.31. The number of hydrogen-bond donors (Lipinski definition) is 1. The zero-order valence-electron chi connectivity index (χ0n) is 14.6. The molecule has 30 heavy (non-hydrogen) atoms. The molecule has 0 spiro atoms. The largest absolute Gasteiger partial charge is 0.711 e. The van der Waals surface area contributed by atoms with Crippen LogP contribution in [0.25, 0.3) is 0 Å². The minimum atomic E-state index is -4.83. The summed E-state index contributed by atoms with van der Waals surface area (Å²) in [7, 11) is 0. The summed E-state index contributed by atoms with van der Waals surface area (Å²) in [6.45, 7) is 0. The van der Waals surface area contributed by atoms with Gasteiger partial charge in [0.2, 0.25) is 0 Å². The minimum Gasteiger partial charge on any atom is -0.711 e. The second-order valence-electron chi connectivity index (χ2n) is 5.68. The number of rotatable bonds is 5. The molecule has 1 amide bonds. The Bertz CT molecular complexity index is 1080. The van der Waals surface area contributed by atoms with E-state index in [4.69, 9.17) is 27.9 Å². The third-order valence-electron chi connectivity index (χ3n) is 3.47. The molecule has 0 radical (unpaired) electrons. The number of carbonyl (C=O) groups excluding carboxylic acids is 1. The Morgan fingerprint density at radius 1 is 1.10 bits per heavy atom. The summed E-state index contributed by atoms with van der Waals surface area (Å²) >= 11 is 12.0. The minimum absolute atomic E-state index is 0.0229. The zero-order valence-corrected chi connectivity index (χ0v) is 16.1. The predicted octanol–water partition coefficient (Wildman–Crippen LogP) is 4.97. The molecule has 0 saturated heterocycles. The van der Waals surface area contributed by atoms with E-state index in [1.165, 1.54) is 30.5 Å². The van der Waals surface area contributed by atoms with Crippen LogP contribution in [0.1, 0.15) is 10.4 Å². The number of nitrogens with one attached hydrogen (secondary N) is 1. The zero-order chi connectivity index (χ0) is 21.9. The molecule has 1 heterocycles. The number of halogens is 5. The molecule has 0 fully saturated rings. The van der Waals surface area contributed by atoms with Gasteiger partial charge < -0.3 is 20.0 Å². The number of aromatic nitrogens is 2. The van der Waals surface area contributed by atoms with Gasteiger partial charge >= 0.3 is 6.36 Å². The van der Waals surface area contributed by atoms with Crippen LogP contribution < -0.4 is 19.5 Å². The van der Waals surface area contributed by atoms with E-state index in [0.29, 0.717) is 4.73 Å². The Kier molecular flexibility index (Phi) is 6.18. The standard InChI is InChI=1S/C18H10Cl2F3N3O4/c19-14-5-13(17(27)25-10-7-24-9-26(28)8-10)16(6-15(14)20)29-11-1-3-12(4-2-11)30-18(21,22)23/h1-9H,(H,25,27). The fraction of sp³-hybridized carbons (Fsp3) is 0.0556. The monoisotopic (exact) mass is 459 g/mol. The average Bonchev–Trinajstić information content (AvgIpc) is 2.65. The highest BCUT2D eigenvalue weighted by molar-refractivity contribution is 6.42. The Morgan fingerprint density at radius 3 is 2.37 bits per heavy atom. The summed E-state index contributed by atoms with van der Waals surface area (Å²) < 4.78 is 46.6. The molecule has 0 saturated carbocycles. The first kappa shape index (κ1) is 21.5. The fourth-order valence-corrected chi connectivity index (χ4v) is 2.59. The van der Waals surface area contributed by atoms with Crippen LogP contribution in [0, 0.1) is 5.21 Å². The fourth-order valence-electron chi connectivity index (χ4n) is 2.27. The second-order valence-corrected chi connectivity index (χ2v) is 6.49. The van der Waals surface area contributed by atoms with Gasteiger partial charge in [0, 0.05) is 6.07 Å². The number of amides is 1. The molecule has 1 N–H and O–H groups in total. The van der Waals surface area contributed by atoms with Crippen molar-refractivity contribution in [3.63, 3.8) is 0 Å². The van der Waals surface area contributed by atoms with Crippen LogP contribution in [0.4, 0.5) is 18.9 Å². The molecular formula is C18H10Cl2F3N3O4. The number of nitrogens with zero attached hydrogens (tertiary/aromatic N) is 2. The molecule has 0 unspecified atom stereocenters. The number of carbonyl (C=O) groups is 1. The number of alkyl halides is 3. The molecule has 0 bridgehead atoms. The van der Waals surface area contributed by atoms with E-state index < -0.39 is 18.0 Å². The first-order valence-corrected chi connectivity index (χ1v) is 8.74. The third-order valence-corrected chi connectivity index (χ3v) is 4.19. The molecule has 1 aromatic heterocycles. The molecule has 12 heteroatoms. The van der Waals surface area contributed by atoms with Gasteiger partial charge in [-0.1, -0.05) is 28.2 Å². The quantitative estimate of drug-likeness (QED) is 0.430. The number of ether oxygens (including phenoxy) is 2. The first-order chi connectivity index (χ1) is 14.1. The van der Waals surface area contributed by atoms with Crippen molar-refractivity contribution >= 4 is 34.8 Å². The van der Waals surface area contributed by atoms with Crippen molar-refractivity contribution in [2.75, 3.05) is 5.32 Å². The maximum Gasteiger partial charge on any atom is 0.573 e. The van der Waals surface area contributed by atoms with Crippen molar-refractivity contribution in [3.05, 3.63) is 75.9 Å². The molecule has 0 aliphatic carbocycles. The van der Waals surface area contributed by atoms with E-state index in [2.05, 4.69) is 15.0 Å². The summed E-state index contributed by atoms with van der Waals surface area (Å²) in [4.78, 5) is 16.3. The molecule has 156 valence electrons. The summed E-state index contributed by atoms with van der Waals surface area (Å²) in [5, 5.41) is 13.9. The van der Waals surface area contributed by atoms with Crippen molar-refractivity contribution in [2.45, 2.75) is 6.36 Å². The predicted molar refractivity (Wildman–Crippen MR) is 101 cm³/mol. The van der Waals surface area contributed by atoms with Crippen molar-refractivity contribution in [2.24, 2.45) is 0 Å². The lowest BCUT2D eigenvalue weighted by molar-refractivity contribution is -0.608. The van der Waals surface area contributed by atoms with Crippen LogP contribution in [0.2, 0.25) is 10.0 Å². The number of anilines is 1. The van der Waals surface area contributed by atoms with E-state index >= 15 is 0 Å². The third kappa shape index (κ3) is 5.65. The van der Waals surface area contributed by atoms with E-state index in [1.807, 2.05) is 0 Å². The van der Waals surface area contributed by atoms with E-state index in [1.54, 1.807) is 0 Å². The van der Waals surface area contributed by atoms with E-state index in [0.717, 1.165) is 24.7 Å². The smallest absolute Gasteiger partial charge is 0.573 e. The maximum absolute atomic E-state index is 12.6. The molecule has 0 aliphatic heterocycles. The summed E-state index contributed by atoms with van der Waals surface area (Å²) in [6.07, 6.45) is -1.49. The van der Waals surface area contributed by atoms with Gasteiger partial charge in [0.25, 0.3) is 12.2 Å². The van der Waals surface area contributed by atoms with Crippen LogP contribution in [-0.2, 0) is 0 Å². The Hall–Kier alpha value is -3.24. The van der Waals surface area contributed by atoms with E-state index in [9.17, 15) is 23.2 Å². The van der Waals surface area contributed by atoms with Crippen LogP contribution in [0.5, 0.6) is 17.2 Å². The molecule has 0 atom stereocenters. The number of benzene rings is 2. The highest BCUT2D eigenvalue weighted by atomic mass is 35.5. The molecule has 3 rings (SSSR count). The van der Waals surface area contributed by atoms with Crippen molar-refractivity contribution in [1.82, 2.24) is 4.98 Å². The van der Waals surface area contributed by atoms with Gasteiger partial charge in [-0.2, -0.15) is 0 Å². The first-order valence-electron chi connectivity index (χ1n) is 7.98. The second kappa shape index (κ2) is 8.64. The molecule has 3 aromatic rings. The van der Waals surface area contributed by atoms with Crippen LogP contribution in [0.3, 0.4) is 0 Å². The van der Waals surface area contributed by atoms with Gasteiger partial charge in [0.05, 0.1) is 15.6 Å². The lowest BCUT2D eigenvalue weighted by Crippen LogP contribution is -2.26. The summed E-state index contributed by atoms with van der Waals surface area (Å²) in [5.41, 5.74) is 0.0736. The lowest BCUT2D eigenvalue weighted by atomic mass is 10.1. The van der Waals surface area contributed by atoms with Gasteiger partial charge in [0.1, 0.15) is 29.1 Å². The maximum atomic E-state index is 12.6. The molecule has 2 aromatic carbocycles. The van der Waals surface area contributed by atoms with Crippen LogP contribution in [-0.4, -0.2) is 17.3 Å². The van der Waals surface area contributed by atoms with Gasteiger partial charge in [-0.3, -0.25) is 4.79 Å². The average molecular weight is 460 g/mol. The Balaban J connectivity index is 1.85. The Labute approximate surface area is 177 Å². The Morgan fingerprint density at radius 2 is 1.73 bits per heavy atom. The van der Waals surface area contributed by atoms with Crippen LogP contribution >= 0.6 is 23.2 Å². The van der Waals surface area contributed by atoms with Gasteiger partial charge in [-0.25, -0.2) is 4.73 Å². The topological polar surface area (TPSA) is 87.4 Å². The lowest BCUT2D eigenvalue weighted by Gasteiger charge is -2.14. The summed E-state index contributed by atoms with van der Waals surface area (Å²) in [5.74, 6) is -1.04. The molecule has 0 aliphatic rings. The van der Waals surface area contributed by atoms with Gasteiger partial charge in [-0.05, 0) is 30.3 Å². The van der Waals surface area contributed by atoms with E-state index in [-0.39, 0.29) is 32.8 Å². The molecular weight excluding hydrogens is 450 g/mol.